The van der Waals surface area contributed by atoms with Crippen LogP contribution in [0.25, 0.3) is 0 Å². The van der Waals surface area contributed by atoms with Crippen LogP contribution in [0.1, 0.15) is 37.6 Å². The van der Waals surface area contributed by atoms with Gasteiger partial charge in [0.25, 0.3) is 5.91 Å². The van der Waals surface area contributed by atoms with Crippen LogP contribution in [-0.4, -0.2) is 57.6 Å². The first-order valence-corrected chi connectivity index (χ1v) is 8.23. The molecule has 1 spiro atoms. The van der Waals surface area contributed by atoms with Crippen molar-refractivity contribution in [2.24, 2.45) is 5.41 Å². The molecule has 128 valence electrons. The summed E-state index contributed by atoms with van der Waals surface area (Å²) in [5, 5.41) is 0. The maximum Gasteiger partial charge on any atom is 0.410 e. The summed E-state index contributed by atoms with van der Waals surface area (Å²) in [7, 11) is 0. The van der Waals surface area contributed by atoms with Gasteiger partial charge in [0.05, 0.1) is 11.6 Å². The van der Waals surface area contributed by atoms with Crippen molar-refractivity contribution < 1.29 is 14.3 Å². The molecular formula is C17H22N4O3. The van der Waals surface area contributed by atoms with Crippen LogP contribution in [0.5, 0.6) is 0 Å². The molecule has 3 atom stereocenters. The fraction of sp³-hybridized carbons (Fsp3) is 0.588. The van der Waals surface area contributed by atoms with E-state index in [9.17, 15) is 9.59 Å². The lowest BCUT2D eigenvalue weighted by molar-refractivity contribution is -0.0176. The number of rotatable bonds is 1. The Balaban J connectivity index is 1.46. The van der Waals surface area contributed by atoms with Crippen LogP contribution >= 0.6 is 0 Å². The van der Waals surface area contributed by atoms with Gasteiger partial charge in [-0.2, -0.15) is 0 Å². The minimum Gasteiger partial charge on any atom is -0.444 e. The van der Waals surface area contributed by atoms with Crippen molar-refractivity contribution in [2.45, 2.75) is 44.9 Å². The topological polar surface area (TPSA) is 88.8 Å². The molecule has 3 fully saturated rings. The fourth-order valence-electron chi connectivity index (χ4n) is 4.06. The molecule has 4 rings (SSSR count). The zero-order valence-electron chi connectivity index (χ0n) is 14.2. The molecule has 1 aromatic rings. The van der Waals surface area contributed by atoms with Crippen LogP contribution in [0.3, 0.4) is 0 Å². The van der Waals surface area contributed by atoms with Gasteiger partial charge in [0, 0.05) is 30.7 Å². The van der Waals surface area contributed by atoms with Crippen LogP contribution in [0, 0.1) is 5.41 Å². The maximum absolute atomic E-state index is 12.7. The van der Waals surface area contributed by atoms with Gasteiger partial charge in [-0.15, -0.1) is 0 Å². The number of aromatic nitrogens is 1. The van der Waals surface area contributed by atoms with Crippen molar-refractivity contribution >= 4 is 17.8 Å². The highest BCUT2D eigenvalue weighted by molar-refractivity contribution is 5.94. The van der Waals surface area contributed by atoms with Crippen LogP contribution in [-0.2, 0) is 4.74 Å². The quantitative estimate of drug-likeness (QED) is 0.843. The van der Waals surface area contributed by atoms with Crippen molar-refractivity contribution in [1.29, 1.82) is 0 Å². The number of hydrogen-bond donors (Lipinski definition) is 1. The Morgan fingerprint density at radius 1 is 1.33 bits per heavy atom. The lowest BCUT2D eigenvalue weighted by Crippen LogP contribution is -2.59. The minimum atomic E-state index is -0.506. The summed E-state index contributed by atoms with van der Waals surface area (Å²) < 4.78 is 5.50. The highest BCUT2D eigenvalue weighted by Gasteiger charge is 2.78. The minimum absolute atomic E-state index is 0.0546. The van der Waals surface area contributed by atoms with E-state index in [0.717, 1.165) is 6.42 Å². The molecule has 1 aromatic heterocycles. The molecule has 1 aliphatic carbocycles. The number of nitrogen functional groups attached to an aromatic ring is 1. The number of amides is 2. The number of pyridine rings is 1. The zero-order chi connectivity index (χ0) is 17.3. The average Bonchev–Trinajstić information content (AvgIpc) is 2.93. The van der Waals surface area contributed by atoms with E-state index in [0.29, 0.717) is 24.5 Å². The molecule has 0 aromatic carbocycles. The maximum atomic E-state index is 12.7. The molecule has 24 heavy (non-hydrogen) atoms. The van der Waals surface area contributed by atoms with Crippen LogP contribution in [0.2, 0.25) is 0 Å². The van der Waals surface area contributed by atoms with E-state index in [-0.39, 0.29) is 29.5 Å². The Labute approximate surface area is 140 Å². The summed E-state index contributed by atoms with van der Waals surface area (Å²) >= 11 is 0. The Kier molecular flexibility index (Phi) is 2.93. The van der Waals surface area contributed by atoms with Gasteiger partial charge in [-0.05, 0) is 39.3 Å². The van der Waals surface area contributed by atoms with E-state index in [1.807, 2.05) is 30.6 Å². The molecule has 7 nitrogen and oxygen atoms in total. The van der Waals surface area contributed by atoms with Gasteiger partial charge in [-0.1, -0.05) is 0 Å². The van der Waals surface area contributed by atoms with Gasteiger partial charge in [0.1, 0.15) is 11.4 Å². The summed E-state index contributed by atoms with van der Waals surface area (Å²) in [4.78, 5) is 32.7. The Bertz CT molecular complexity index is 712. The molecule has 1 saturated carbocycles. The predicted octanol–water partition coefficient (Wildman–Crippen LogP) is 1.50. The van der Waals surface area contributed by atoms with Crippen LogP contribution < -0.4 is 5.73 Å². The molecule has 7 heteroatoms. The van der Waals surface area contributed by atoms with Crippen molar-refractivity contribution in [3.05, 3.63) is 23.9 Å². The van der Waals surface area contributed by atoms with Crippen molar-refractivity contribution in [2.75, 3.05) is 18.8 Å². The van der Waals surface area contributed by atoms with Gasteiger partial charge in [-0.3, -0.25) is 9.69 Å². The molecule has 0 radical (unpaired) electrons. The van der Waals surface area contributed by atoms with Crippen LogP contribution in [0.15, 0.2) is 18.3 Å². The van der Waals surface area contributed by atoms with Crippen LogP contribution in [0.4, 0.5) is 10.6 Å². The number of ether oxygens (including phenoxy) is 1. The summed E-state index contributed by atoms with van der Waals surface area (Å²) in [6.07, 6.45) is 2.20. The average molecular weight is 330 g/mol. The second kappa shape index (κ2) is 4.62. The van der Waals surface area contributed by atoms with E-state index in [4.69, 9.17) is 10.5 Å². The number of nitrogens with two attached hydrogens (primary N) is 1. The normalized spacial score (nSPS) is 30.3. The second-order valence-electron chi connectivity index (χ2n) is 8.01. The molecular weight excluding hydrogens is 308 g/mol. The summed E-state index contributed by atoms with van der Waals surface area (Å²) in [6, 6.07) is 3.62. The standard InChI is InChI=1S/C17H22N4O3/c1-16(2,3)24-15(23)21-11-6-17(11)9-20(8-12(17)21)14(22)10-4-5-13(18)19-7-10/h4-5,7,11-12H,6,8-9H2,1-3H3,(H2,18,19)/t11-,12?,17?/m1/s1. The van der Waals surface area contributed by atoms with Gasteiger partial charge in [0.15, 0.2) is 0 Å². The largest absolute Gasteiger partial charge is 0.444 e. The summed E-state index contributed by atoms with van der Waals surface area (Å²) in [5.41, 5.74) is 5.69. The first-order chi connectivity index (χ1) is 11.2. The number of carbonyl (C=O) groups is 2. The fourth-order valence-corrected chi connectivity index (χ4v) is 4.06. The molecule has 2 saturated heterocycles. The van der Waals surface area contributed by atoms with E-state index in [2.05, 4.69) is 4.98 Å². The molecule has 3 heterocycles. The zero-order valence-corrected chi connectivity index (χ0v) is 14.2. The number of likely N-dealkylation sites (tertiary alicyclic amines) is 2. The summed E-state index contributed by atoms with van der Waals surface area (Å²) in [6.45, 7) is 6.85. The van der Waals surface area contributed by atoms with Gasteiger partial charge >= 0.3 is 6.09 Å². The number of anilines is 1. The highest BCUT2D eigenvalue weighted by atomic mass is 16.6. The van der Waals surface area contributed by atoms with Crippen molar-refractivity contribution in [1.82, 2.24) is 14.8 Å². The Morgan fingerprint density at radius 2 is 2.08 bits per heavy atom. The molecule has 3 aliphatic rings. The van der Waals surface area contributed by atoms with Gasteiger partial charge in [0.2, 0.25) is 0 Å². The van der Waals surface area contributed by atoms with E-state index >= 15 is 0 Å². The van der Waals surface area contributed by atoms with Crippen molar-refractivity contribution in [3.63, 3.8) is 0 Å². The SMILES string of the molecule is CC(C)(C)OC(=O)N1C2CN(C(=O)c3ccc(N)nc3)CC23C[C@@H]13. The molecule has 2 aliphatic heterocycles. The van der Waals surface area contributed by atoms with E-state index < -0.39 is 5.60 Å². The first-order valence-electron chi connectivity index (χ1n) is 8.23. The predicted molar refractivity (Wildman–Crippen MR) is 87.3 cm³/mol. The Hall–Kier alpha value is -2.31. The third-order valence-corrected chi connectivity index (χ3v) is 5.22. The summed E-state index contributed by atoms with van der Waals surface area (Å²) in [5.74, 6) is 0.339. The third kappa shape index (κ3) is 2.14. The Morgan fingerprint density at radius 3 is 2.71 bits per heavy atom. The third-order valence-electron chi connectivity index (χ3n) is 5.22. The van der Waals surface area contributed by atoms with E-state index in [1.165, 1.54) is 6.20 Å². The first kappa shape index (κ1) is 15.2. The lowest BCUT2D eigenvalue weighted by Gasteiger charge is -2.42. The molecule has 2 amide bonds. The smallest absolute Gasteiger partial charge is 0.410 e. The van der Waals surface area contributed by atoms with E-state index in [1.54, 1.807) is 12.1 Å². The lowest BCUT2D eigenvalue weighted by atomic mass is 9.90. The number of carbonyl (C=O) groups excluding carboxylic acids is 2. The van der Waals surface area contributed by atoms with Crippen molar-refractivity contribution in [3.8, 4) is 0 Å². The highest BCUT2D eigenvalue weighted by Crippen LogP contribution is 2.66. The number of hydrogen-bond acceptors (Lipinski definition) is 5. The molecule has 2 unspecified atom stereocenters. The van der Waals surface area contributed by atoms with Gasteiger partial charge in [-0.25, -0.2) is 9.78 Å². The van der Waals surface area contributed by atoms with Gasteiger partial charge < -0.3 is 15.4 Å². The monoisotopic (exact) mass is 330 g/mol. The molecule has 0 bridgehead atoms. The molecule has 2 N–H and O–H groups in total. The number of nitrogens with zero attached hydrogens (tertiary/aromatic N) is 3. The second-order valence-corrected chi connectivity index (χ2v) is 8.01.